The normalized spacial score (nSPS) is 16.0. The van der Waals surface area contributed by atoms with Crippen molar-refractivity contribution in [3.63, 3.8) is 0 Å². The summed E-state index contributed by atoms with van der Waals surface area (Å²) in [6.07, 6.45) is 0. The molecule has 15 rings (SSSR count). The van der Waals surface area contributed by atoms with Crippen LogP contribution in [0.3, 0.4) is 0 Å². The van der Waals surface area contributed by atoms with Gasteiger partial charge in [-0.1, -0.05) is 213 Å². The molecular formula is C77H77BN2. The SMILES string of the molecule is CC(C)C(C)c1ccc2c(c1)c1cc(C(C)C(C)C)cc3c1n2-c1c(-c2cccc4c(C(C)(C)C)cccc24)cc2c4c1B3c1cc(C(C)C(C)C)cc3c5cc(C(C)C(C)C)cc(c5n-4c13)C21c2ccccc2-c2ccccc21. The Kier molecular flexibility index (Phi) is 10.6. The van der Waals surface area contributed by atoms with Crippen molar-refractivity contribution in [1.29, 1.82) is 0 Å². The smallest absolute Gasteiger partial charge is 0.252 e. The Morgan fingerprint density at radius 2 is 0.850 bits per heavy atom. The average Bonchev–Trinajstić information content (AvgIpc) is 1.57. The summed E-state index contributed by atoms with van der Waals surface area (Å²) in [4.78, 5) is 0. The summed E-state index contributed by atoms with van der Waals surface area (Å²) < 4.78 is 5.65. The van der Waals surface area contributed by atoms with Gasteiger partial charge in [0.15, 0.2) is 0 Å². The Morgan fingerprint density at radius 3 is 1.44 bits per heavy atom. The molecule has 0 radical (unpaired) electrons. The van der Waals surface area contributed by atoms with Gasteiger partial charge in [-0.25, -0.2) is 0 Å². The van der Waals surface area contributed by atoms with E-state index >= 15 is 0 Å². The number of fused-ring (bicyclic) bond motifs is 15. The van der Waals surface area contributed by atoms with E-state index in [0.717, 1.165) is 0 Å². The molecule has 0 N–H and O–H groups in total. The first-order valence-corrected chi connectivity index (χ1v) is 30.5. The monoisotopic (exact) mass is 1040 g/mol. The van der Waals surface area contributed by atoms with Crippen molar-refractivity contribution >= 4 is 77.5 Å². The predicted molar refractivity (Wildman–Crippen MR) is 345 cm³/mol. The van der Waals surface area contributed by atoms with E-state index in [0.29, 0.717) is 47.3 Å². The first-order chi connectivity index (χ1) is 38.3. The maximum Gasteiger partial charge on any atom is 0.252 e. The molecule has 1 spiro atoms. The predicted octanol–water partition coefficient (Wildman–Crippen LogP) is 18.9. The van der Waals surface area contributed by atoms with Crippen LogP contribution >= 0.6 is 0 Å². The van der Waals surface area contributed by atoms with Crippen LogP contribution in [0.2, 0.25) is 0 Å². The third kappa shape index (κ3) is 6.33. The number of hydrogen-bond acceptors (Lipinski definition) is 0. The summed E-state index contributed by atoms with van der Waals surface area (Å²) in [6.45, 7) is 36.2. The van der Waals surface area contributed by atoms with Crippen LogP contribution in [0.15, 0.2) is 146 Å². The largest absolute Gasteiger partial charge is 0.310 e. The van der Waals surface area contributed by atoms with Crippen molar-refractivity contribution < 1.29 is 0 Å². The van der Waals surface area contributed by atoms with Gasteiger partial charge >= 0.3 is 0 Å². The molecule has 398 valence electrons. The molecule has 3 heteroatoms. The number of hydrogen-bond donors (Lipinski definition) is 0. The van der Waals surface area contributed by atoms with Gasteiger partial charge in [-0.3, -0.25) is 0 Å². The van der Waals surface area contributed by atoms with Gasteiger partial charge < -0.3 is 9.13 Å². The van der Waals surface area contributed by atoms with Gasteiger partial charge in [0, 0.05) is 43.8 Å². The Hall–Kier alpha value is -7.10. The van der Waals surface area contributed by atoms with Crippen LogP contribution in [0.25, 0.3) is 88.0 Å². The molecule has 5 heterocycles. The molecule has 0 fully saturated rings. The molecule has 0 saturated heterocycles. The third-order valence-electron chi connectivity index (χ3n) is 21.5. The summed E-state index contributed by atoms with van der Waals surface area (Å²) in [5.74, 6) is 3.41. The summed E-state index contributed by atoms with van der Waals surface area (Å²) in [7, 11) is 0. The summed E-state index contributed by atoms with van der Waals surface area (Å²) in [6, 6.07) is 59.7. The molecule has 4 atom stereocenters. The highest BCUT2D eigenvalue weighted by Crippen LogP contribution is 2.63. The average molecular weight is 1040 g/mol. The lowest BCUT2D eigenvalue weighted by atomic mass is 9.33. The van der Waals surface area contributed by atoms with E-state index in [9.17, 15) is 0 Å². The molecule has 3 aliphatic heterocycles. The van der Waals surface area contributed by atoms with E-state index in [4.69, 9.17) is 0 Å². The minimum absolute atomic E-state index is 0.0373. The fourth-order valence-electron chi connectivity index (χ4n) is 15.9. The number of benzene rings is 9. The van der Waals surface area contributed by atoms with Gasteiger partial charge in [0.25, 0.3) is 6.71 Å². The minimum Gasteiger partial charge on any atom is -0.310 e. The Labute approximate surface area is 475 Å². The van der Waals surface area contributed by atoms with Crippen molar-refractivity contribution in [2.24, 2.45) is 23.7 Å². The molecule has 2 aromatic heterocycles. The van der Waals surface area contributed by atoms with Gasteiger partial charge in [0.2, 0.25) is 0 Å². The molecule has 11 aromatic rings. The first kappa shape index (κ1) is 49.9. The molecule has 9 aromatic carbocycles. The Morgan fingerprint density at radius 1 is 0.362 bits per heavy atom. The second-order valence-corrected chi connectivity index (χ2v) is 27.9. The molecule has 0 amide bonds. The van der Waals surface area contributed by atoms with Crippen LogP contribution in [-0.4, -0.2) is 15.8 Å². The molecule has 2 nitrogen and oxygen atoms in total. The molecule has 0 bridgehead atoms. The van der Waals surface area contributed by atoms with Crippen molar-refractivity contribution in [1.82, 2.24) is 9.13 Å². The summed E-state index contributed by atoms with van der Waals surface area (Å²) in [5, 5.41) is 8.21. The van der Waals surface area contributed by atoms with Crippen LogP contribution in [0.4, 0.5) is 0 Å². The number of aromatic nitrogens is 2. The Bertz CT molecular complexity index is 4460. The van der Waals surface area contributed by atoms with Gasteiger partial charge in [-0.15, -0.1) is 0 Å². The van der Waals surface area contributed by atoms with E-state index in [1.54, 1.807) is 0 Å². The zero-order valence-corrected chi connectivity index (χ0v) is 49.9. The van der Waals surface area contributed by atoms with Gasteiger partial charge in [0.1, 0.15) is 0 Å². The van der Waals surface area contributed by atoms with Gasteiger partial charge in [-0.05, 0) is 183 Å². The second-order valence-electron chi connectivity index (χ2n) is 27.9. The molecule has 80 heavy (non-hydrogen) atoms. The standard InChI is InChI=1S/C77H77BN2/c1-40(2)44(9)48-30-31-69-57(32-48)58-34-50(46(11)42(5)6)37-67-72(58)79(69)74-61(53-24-20-26-54-52(53)25-21-29-62(54)76(13,14)15)39-66-75-70(74)78(67)68-38-51(47(12)43(7)8)35-60-59-33-49(45(10)41(3)4)36-65(71(59)80(75)73(60)68)77(66)63-27-18-16-22-55(63)56-23-17-19-28-64(56)77/h16-47H,1-15H3. The van der Waals surface area contributed by atoms with Crippen molar-refractivity contribution in [2.75, 3.05) is 0 Å². The summed E-state index contributed by atoms with van der Waals surface area (Å²) in [5.41, 5.74) is 29.9. The van der Waals surface area contributed by atoms with Crippen LogP contribution in [0, 0.1) is 23.7 Å². The van der Waals surface area contributed by atoms with E-state index in [2.05, 4.69) is 259 Å². The van der Waals surface area contributed by atoms with Crippen molar-refractivity contribution in [3.8, 4) is 33.6 Å². The van der Waals surface area contributed by atoms with E-state index < -0.39 is 5.41 Å². The molecule has 0 saturated carbocycles. The van der Waals surface area contributed by atoms with Crippen LogP contribution in [-0.2, 0) is 10.8 Å². The van der Waals surface area contributed by atoms with Crippen molar-refractivity contribution in [2.45, 2.75) is 138 Å². The lowest BCUT2D eigenvalue weighted by molar-refractivity contribution is 0.534. The summed E-state index contributed by atoms with van der Waals surface area (Å²) >= 11 is 0. The highest BCUT2D eigenvalue weighted by atomic mass is 15.1. The van der Waals surface area contributed by atoms with Crippen molar-refractivity contribution in [3.05, 3.63) is 196 Å². The van der Waals surface area contributed by atoms with E-state index in [1.807, 2.05) is 0 Å². The van der Waals surface area contributed by atoms with E-state index in [-0.39, 0.29) is 12.1 Å². The third-order valence-corrected chi connectivity index (χ3v) is 21.5. The molecule has 4 aliphatic rings. The maximum absolute atomic E-state index is 2.85. The van der Waals surface area contributed by atoms with Gasteiger partial charge in [-0.2, -0.15) is 0 Å². The highest BCUT2D eigenvalue weighted by molar-refractivity contribution is 7.00. The van der Waals surface area contributed by atoms with Gasteiger partial charge in [0.05, 0.1) is 22.1 Å². The van der Waals surface area contributed by atoms with Crippen LogP contribution in [0.5, 0.6) is 0 Å². The lowest BCUT2D eigenvalue weighted by Crippen LogP contribution is -2.61. The fraction of sp³-hybridized carbons (Fsp3) is 0.325. The number of rotatable bonds is 9. The fourth-order valence-corrected chi connectivity index (χ4v) is 15.9. The zero-order valence-electron chi connectivity index (χ0n) is 49.9. The molecular weight excluding hydrogens is 964 g/mol. The lowest BCUT2D eigenvalue weighted by Gasteiger charge is -2.45. The number of nitrogens with zero attached hydrogens (tertiary/aromatic N) is 2. The van der Waals surface area contributed by atoms with Crippen LogP contribution in [0.1, 0.15) is 178 Å². The maximum atomic E-state index is 2.85. The topological polar surface area (TPSA) is 9.86 Å². The zero-order chi connectivity index (χ0) is 55.5. The highest BCUT2D eigenvalue weighted by Gasteiger charge is 2.55. The quantitative estimate of drug-likeness (QED) is 0.128. The minimum atomic E-state index is -0.622. The van der Waals surface area contributed by atoms with E-state index in [1.165, 1.54) is 154 Å². The van der Waals surface area contributed by atoms with Crippen LogP contribution < -0.4 is 16.4 Å². The Balaban J connectivity index is 1.25. The first-order valence-electron chi connectivity index (χ1n) is 30.5. The second kappa shape index (κ2) is 17.0. The molecule has 4 unspecified atom stereocenters. The molecule has 1 aliphatic carbocycles.